The van der Waals surface area contributed by atoms with Crippen molar-refractivity contribution in [3.05, 3.63) is 11.6 Å². The number of ether oxygens (including phenoxy) is 1. The van der Waals surface area contributed by atoms with Gasteiger partial charge in [-0.2, -0.15) is 0 Å². The van der Waals surface area contributed by atoms with Gasteiger partial charge in [0.15, 0.2) is 0 Å². The van der Waals surface area contributed by atoms with Gasteiger partial charge in [-0.15, -0.1) is 0 Å². The average molecular weight is 252 g/mol. The fourth-order valence-electron chi connectivity index (χ4n) is 2.51. The third-order valence-corrected chi connectivity index (χ3v) is 3.62. The lowest BCUT2D eigenvalue weighted by Gasteiger charge is -2.25. The van der Waals surface area contributed by atoms with Gasteiger partial charge in [0.05, 0.1) is 19.8 Å². The Morgan fingerprint density at radius 3 is 2.89 bits per heavy atom. The lowest BCUT2D eigenvalue weighted by molar-refractivity contribution is -0.123. The van der Waals surface area contributed by atoms with Gasteiger partial charge in [-0.3, -0.25) is 9.69 Å². The molecule has 102 valence electrons. The molecule has 2 aliphatic rings. The molecule has 0 radical (unpaired) electrons. The Labute approximate surface area is 109 Å². The Hall–Kier alpha value is -0.870. The van der Waals surface area contributed by atoms with Crippen molar-refractivity contribution >= 4 is 5.91 Å². The van der Waals surface area contributed by atoms with E-state index in [0.29, 0.717) is 6.54 Å². The van der Waals surface area contributed by atoms with E-state index in [1.54, 1.807) is 0 Å². The van der Waals surface area contributed by atoms with Crippen molar-refractivity contribution in [2.45, 2.75) is 32.1 Å². The number of morpholine rings is 1. The minimum absolute atomic E-state index is 0.147. The van der Waals surface area contributed by atoms with Crippen LogP contribution in [0.25, 0.3) is 0 Å². The summed E-state index contributed by atoms with van der Waals surface area (Å²) in [5.41, 5.74) is 1.52. The standard InChI is InChI=1S/C14H24N2O2/c17-14(12-16-8-10-18-11-9-16)15-7-6-13-4-2-1-3-5-13/h4H,1-3,5-12H2,(H,15,17). The average Bonchev–Trinajstić information content (AvgIpc) is 2.41. The van der Waals surface area contributed by atoms with Crippen molar-refractivity contribution in [1.82, 2.24) is 10.2 Å². The normalized spacial score (nSPS) is 21.4. The smallest absolute Gasteiger partial charge is 0.234 e. The highest BCUT2D eigenvalue weighted by atomic mass is 16.5. The first-order chi connectivity index (χ1) is 8.84. The molecular weight excluding hydrogens is 228 g/mol. The molecule has 2 rings (SSSR count). The van der Waals surface area contributed by atoms with Crippen LogP contribution < -0.4 is 5.32 Å². The lowest BCUT2D eigenvalue weighted by Crippen LogP contribution is -2.43. The molecule has 4 heteroatoms. The van der Waals surface area contributed by atoms with Gasteiger partial charge >= 0.3 is 0 Å². The Bertz CT molecular complexity index is 296. The molecule has 0 atom stereocenters. The third kappa shape index (κ3) is 4.78. The number of hydrogen-bond acceptors (Lipinski definition) is 3. The van der Waals surface area contributed by atoms with Crippen LogP contribution in [0.5, 0.6) is 0 Å². The van der Waals surface area contributed by atoms with Gasteiger partial charge in [0.2, 0.25) is 5.91 Å². The van der Waals surface area contributed by atoms with E-state index in [9.17, 15) is 4.79 Å². The second kappa shape index (κ2) is 7.54. The van der Waals surface area contributed by atoms with Gasteiger partial charge in [-0.1, -0.05) is 11.6 Å². The SMILES string of the molecule is O=C(CN1CCOCC1)NCCC1=CCCCC1. The summed E-state index contributed by atoms with van der Waals surface area (Å²) in [6.45, 7) is 4.55. The van der Waals surface area contributed by atoms with E-state index in [1.165, 1.54) is 31.3 Å². The summed E-state index contributed by atoms with van der Waals surface area (Å²) < 4.78 is 5.26. The molecule has 1 fully saturated rings. The minimum atomic E-state index is 0.147. The summed E-state index contributed by atoms with van der Waals surface area (Å²) in [4.78, 5) is 13.9. The van der Waals surface area contributed by atoms with Crippen molar-refractivity contribution in [2.24, 2.45) is 0 Å². The van der Waals surface area contributed by atoms with Gasteiger partial charge in [0.1, 0.15) is 0 Å². The molecule has 0 aromatic rings. The van der Waals surface area contributed by atoms with Gasteiger partial charge in [-0.25, -0.2) is 0 Å². The van der Waals surface area contributed by atoms with Gasteiger partial charge in [-0.05, 0) is 32.1 Å². The molecule has 4 nitrogen and oxygen atoms in total. The molecule has 0 saturated carbocycles. The summed E-state index contributed by atoms with van der Waals surface area (Å²) in [6, 6.07) is 0. The van der Waals surface area contributed by atoms with Crippen molar-refractivity contribution in [2.75, 3.05) is 39.4 Å². The number of rotatable bonds is 5. The number of hydrogen-bond donors (Lipinski definition) is 1. The van der Waals surface area contributed by atoms with Crippen LogP contribution in [0.2, 0.25) is 0 Å². The fourth-order valence-corrected chi connectivity index (χ4v) is 2.51. The Morgan fingerprint density at radius 2 is 2.17 bits per heavy atom. The van der Waals surface area contributed by atoms with E-state index in [2.05, 4.69) is 16.3 Å². The zero-order valence-corrected chi connectivity index (χ0v) is 11.1. The third-order valence-electron chi connectivity index (χ3n) is 3.62. The monoisotopic (exact) mass is 252 g/mol. The zero-order valence-electron chi connectivity index (χ0n) is 11.1. The molecule has 1 aliphatic heterocycles. The topological polar surface area (TPSA) is 41.6 Å². The fraction of sp³-hybridized carbons (Fsp3) is 0.786. The van der Waals surface area contributed by atoms with Crippen molar-refractivity contribution in [1.29, 1.82) is 0 Å². The molecule has 1 aliphatic carbocycles. The lowest BCUT2D eigenvalue weighted by atomic mass is 9.97. The van der Waals surface area contributed by atoms with E-state index in [1.807, 2.05) is 0 Å². The van der Waals surface area contributed by atoms with Gasteiger partial charge in [0, 0.05) is 19.6 Å². The van der Waals surface area contributed by atoms with E-state index < -0.39 is 0 Å². The molecule has 0 spiro atoms. The summed E-state index contributed by atoms with van der Waals surface area (Å²) in [5.74, 6) is 0.147. The Kier molecular flexibility index (Phi) is 5.68. The first kappa shape index (κ1) is 13.6. The van der Waals surface area contributed by atoms with Crippen LogP contribution in [0.3, 0.4) is 0 Å². The largest absolute Gasteiger partial charge is 0.379 e. The second-order valence-electron chi connectivity index (χ2n) is 5.10. The maximum atomic E-state index is 11.7. The van der Waals surface area contributed by atoms with Crippen LogP contribution >= 0.6 is 0 Å². The highest BCUT2D eigenvalue weighted by Gasteiger charge is 2.13. The second-order valence-corrected chi connectivity index (χ2v) is 5.10. The Balaban J connectivity index is 1.57. The molecule has 0 unspecified atom stereocenters. The predicted octanol–water partition coefficient (Wildman–Crippen LogP) is 1.33. The van der Waals surface area contributed by atoms with E-state index in [4.69, 9.17) is 4.74 Å². The van der Waals surface area contributed by atoms with Crippen LogP contribution in [-0.2, 0) is 9.53 Å². The molecule has 1 heterocycles. The first-order valence-corrected chi connectivity index (χ1v) is 7.09. The summed E-state index contributed by atoms with van der Waals surface area (Å²) in [6.07, 6.45) is 8.45. The van der Waals surface area contributed by atoms with Gasteiger partial charge < -0.3 is 10.1 Å². The highest BCUT2D eigenvalue weighted by molar-refractivity contribution is 5.78. The summed E-state index contributed by atoms with van der Waals surface area (Å²) in [5, 5.41) is 3.02. The molecule has 0 aromatic heterocycles. The number of nitrogens with zero attached hydrogens (tertiary/aromatic N) is 1. The molecule has 0 aromatic carbocycles. The van der Waals surface area contributed by atoms with Gasteiger partial charge in [0.25, 0.3) is 0 Å². The number of carbonyl (C=O) groups is 1. The van der Waals surface area contributed by atoms with Crippen LogP contribution in [0.15, 0.2) is 11.6 Å². The number of allylic oxidation sites excluding steroid dienone is 1. The van der Waals surface area contributed by atoms with Crippen molar-refractivity contribution < 1.29 is 9.53 Å². The van der Waals surface area contributed by atoms with Crippen LogP contribution in [-0.4, -0.2) is 50.2 Å². The molecule has 18 heavy (non-hydrogen) atoms. The van der Waals surface area contributed by atoms with Crippen molar-refractivity contribution in [3.8, 4) is 0 Å². The van der Waals surface area contributed by atoms with Crippen LogP contribution in [0.4, 0.5) is 0 Å². The quantitative estimate of drug-likeness (QED) is 0.750. The van der Waals surface area contributed by atoms with E-state index >= 15 is 0 Å². The van der Waals surface area contributed by atoms with Crippen LogP contribution in [0.1, 0.15) is 32.1 Å². The van der Waals surface area contributed by atoms with E-state index in [-0.39, 0.29) is 5.91 Å². The van der Waals surface area contributed by atoms with Crippen molar-refractivity contribution in [3.63, 3.8) is 0 Å². The number of amides is 1. The first-order valence-electron chi connectivity index (χ1n) is 7.09. The zero-order chi connectivity index (χ0) is 12.6. The summed E-state index contributed by atoms with van der Waals surface area (Å²) in [7, 11) is 0. The summed E-state index contributed by atoms with van der Waals surface area (Å²) >= 11 is 0. The highest BCUT2D eigenvalue weighted by Crippen LogP contribution is 2.19. The molecule has 1 N–H and O–H groups in total. The molecular formula is C14H24N2O2. The molecule has 1 amide bonds. The number of nitrogens with one attached hydrogen (secondary N) is 1. The predicted molar refractivity (Wildman–Crippen MR) is 71.4 cm³/mol. The maximum absolute atomic E-state index is 11.7. The molecule has 0 bridgehead atoms. The molecule has 1 saturated heterocycles. The minimum Gasteiger partial charge on any atom is -0.379 e. The maximum Gasteiger partial charge on any atom is 0.234 e. The number of carbonyl (C=O) groups excluding carboxylic acids is 1. The van der Waals surface area contributed by atoms with E-state index in [0.717, 1.165) is 39.3 Å². The Morgan fingerprint density at radius 1 is 1.33 bits per heavy atom. The van der Waals surface area contributed by atoms with Crippen LogP contribution in [0, 0.1) is 0 Å².